The summed E-state index contributed by atoms with van der Waals surface area (Å²) in [4.78, 5) is 12.6. The van der Waals surface area contributed by atoms with Gasteiger partial charge in [-0.3, -0.25) is 4.79 Å². The third-order valence-electron chi connectivity index (χ3n) is 4.41. The van der Waals surface area contributed by atoms with Gasteiger partial charge < -0.3 is 19.5 Å². The molecule has 0 saturated carbocycles. The van der Waals surface area contributed by atoms with E-state index >= 15 is 0 Å². The van der Waals surface area contributed by atoms with Crippen molar-refractivity contribution in [3.05, 3.63) is 53.1 Å². The zero-order valence-corrected chi connectivity index (χ0v) is 17.0. The molecule has 27 heavy (non-hydrogen) atoms. The van der Waals surface area contributed by atoms with E-state index in [1.165, 1.54) is 0 Å². The van der Waals surface area contributed by atoms with Gasteiger partial charge in [0.2, 0.25) is 0 Å². The minimum absolute atomic E-state index is 0.136. The van der Waals surface area contributed by atoms with Gasteiger partial charge in [0, 0.05) is 0 Å². The highest BCUT2D eigenvalue weighted by Gasteiger charge is 2.20. The number of ether oxygens (including phenoxy) is 3. The maximum absolute atomic E-state index is 12.6. The standard InChI is InChI=1S/C22H29NO4/c1-7-19(17-8-9-20(25-5)21(13-17)26-6)23-22(24)16(4)27-18-11-14(2)10-15(3)12-18/h8-13,16,19H,7H2,1-6H3,(H,23,24). The minimum atomic E-state index is -0.597. The molecule has 2 unspecified atom stereocenters. The molecule has 0 saturated heterocycles. The van der Waals surface area contributed by atoms with Gasteiger partial charge in [0.15, 0.2) is 17.6 Å². The van der Waals surface area contributed by atoms with E-state index in [4.69, 9.17) is 14.2 Å². The Balaban J connectivity index is 2.09. The fourth-order valence-corrected chi connectivity index (χ4v) is 3.04. The van der Waals surface area contributed by atoms with Crippen molar-refractivity contribution in [3.63, 3.8) is 0 Å². The molecule has 0 heterocycles. The molecular weight excluding hydrogens is 342 g/mol. The highest BCUT2D eigenvalue weighted by molar-refractivity contribution is 5.81. The van der Waals surface area contributed by atoms with Crippen molar-refractivity contribution in [3.8, 4) is 17.2 Å². The largest absolute Gasteiger partial charge is 0.493 e. The van der Waals surface area contributed by atoms with Crippen molar-refractivity contribution >= 4 is 5.91 Å². The summed E-state index contributed by atoms with van der Waals surface area (Å²) < 4.78 is 16.5. The Kier molecular flexibility index (Phi) is 7.11. The number of nitrogens with one attached hydrogen (secondary N) is 1. The number of benzene rings is 2. The highest BCUT2D eigenvalue weighted by atomic mass is 16.5. The van der Waals surface area contributed by atoms with Crippen LogP contribution in [0.5, 0.6) is 17.2 Å². The van der Waals surface area contributed by atoms with Crippen LogP contribution in [0.15, 0.2) is 36.4 Å². The molecule has 0 aliphatic rings. The van der Waals surface area contributed by atoms with Gasteiger partial charge in [0.05, 0.1) is 20.3 Å². The summed E-state index contributed by atoms with van der Waals surface area (Å²) in [5.74, 6) is 1.85. The molecule has 0 bridgehead atoms. The Bertz CT molecular complexity index is 768. The SMILES string of the molecule is CCC(NC(=O)C(C)Oc1cc(C)cc(C)c1)c1ccc(OC)c(OC)c1. The second-order valence-corrected chi connectivity index (χ2v) is 6.67. The van der Waals surface area contributed by atoms with Crippen LogP contribution < -0.4 is 19.5 Å². The van der Waals surface area contributed by atoms with E-state index in [-0.39, 0.29) is 11.9 Å². The summed E-state index contributed by atoms with van der Waals surface area (Å²) in [6, 6.07) is 11.5. The number of carbonyl (C=O) groups is 1. The number of amides is 1. The number of hydrogen-bond acceptors (Lipinski definition) is 4. The van der Waals surface area contributed by atoms with Crippen LogP contribution in [0.3, 0.4) is 0 Å². The fourth-order valence-electron chi connectivity index (χ4n) is 3.04. The van der Waals surface area contributed by atoms with Crippen molar-refractivity contribution in [2.24, 2.45) is 0 Å². The summed E-state index contributed by atoms with van der Waals surface area (Å²) in [5.41, 5.74) is 3.17. The molecule has 2 aromatic carbocycles. The first-order chi connectivity index (χ1) is 12.9. The first kappa shape index (κ1) is 20.6. The van der Waals surface area contributed by atoms with Crippen LogP contribution in [-0.4, -0.2) is 26.2 Å². The van der Waals surface area contributed by atoms with Crippen molar-refractivity contribution < 1.29 is 19.0 Å². The smallest absolute Gasteiger partial charge is 0.261 e. The average molecular weight is 371 g/mol. The highest BCUT2D eigenvalue weighted by Crippen LogP contribution is 2.31. The van der Waals surface area contributed by atoms with E-state index in [1.54, 1.807) is 21.1 Å². The zero-order chi connectivity index (χ0) is 20.0. The molecule has 5 heteroatoms. The molecule has 2 rings (SSSR count). The molecular formula is C22H29NO4. The molecule has 2 aromatic rings. The van der Waals surface area contributed by atoms with Gasteiger partial charge in [-0.2, -0.15) is 0 Å². The summed E-state index contributed by atoms with van der Waals surface area (Å²) >= 11 is 0. The third-order valence-corrected chi connectivity index (χ3v) is 4.41. The first-order valence-corrected chi connectivity index (χ1v) is 9.15. The summed E-state index contributed by atoms with van der Waals surface area (Å²) in [6.07, 6.45) is 0.151. The van der Waals surface area contributed by atoms with E-state index in [2.05, 4.69) is 11.4 Å². The quantitative estimate of drug-likeness (QED) is 0.749. The Labute approximate surface area is 161 Å². The molecule has 5 nitrogen and oxygen atoms in total. The maximum Gasteiger partial charge on any atom is 0.261 e. The lowest BCUT2D eigenvalue weighted by Gasteiger charge is -2.22. The molecule has 0 aliphatic carbocycles. The molecule has 1 N–H and O–H groups in total. The maximum atomic E-state index is 12.6. The molecule has 1 amide bonds. The van der Waals surface area contributed by atoms with Crippen LogP contribution in [-0.2, 0) is 4.79 Å². The van der Waals surface area contributed by atoms with E-state index in [0.29, 0.717) is 17.2 Å². The van der Waals surface area contributed by atoms with Gasteiger partial charge in [0.1, 0.15) is 5.75 Å². The summed E-state index contributed by atoms with van der Waals surface area (Å²) in [5, 5.41) is 3.06. The number of methoxy groups -OCH3 is 2. The van der Waals surface area contributed by atoms with Crippen molar-refractivity contribution in [1.29, 1.82) is 0 Å². The van der Waals surface area contributed by atoms with Gasteiger partial charge in [-0.25, -0.2) is 0 Å². The van der Waals surface area contributed by atoms with Gasteiger partial charge in [-0.1, -0.05) is 19.1 Å². The molecule has 0 spiro atoms. The van der Waals surface area contributed by atoms with Crippen LogP contribution in [0.1, 0.15) is 43.0 Å². The van der Waals surface area contributed by atoms with Crippen molar-refractivity contribution in [2.75, 3.05) is 14.2 Å². The molecule has 0 aromatic heterocycles. The third kappa shape index (κ3) is 5.39. The number of hydrogen-bond donors (Lipinski definition) is 1. The first-order valence-electron chi connectivity index (χ1n) is 9.15. The second-order valence-electron chi connectivity index (χ2n) is 6.67. The fraction of sp³-hybridized carbons (Fsp3) is 0.409. The number of rotatable bonds is 8. The van der Waals surface area contributed by atoms with E-state index in [1.807, 2.05) is 51.1 Å². The van der Waals surface area contributed by atoms with Gasteiger partial charge >= 0.3 is 0 Å². The van der Waals surface area contributed by atoms with E-state index < -0.39 is 6.10 Å². The van der Waals surface area contributed by atoms with E-state index in [0.717, 1.165) is 23.1 Å². The van der Waals surface area contributed by atoms with Gasteiger partial charge in [-0.15, -0.1) is 0 Å². The lowest BCUT2D eigenvalue weighted by Crippen LogP contribution is -2.38. The topological polar surface area (TPSA) is 56.8 Å². The van der Waals surface area contributed by atoms with Gasteiger partial charge in [0.25, 0.3) is 5.91 Å². The predicted octanol–water partition coefficient (Wildman–Crippen LogP) is 4.36. The Hall–Kier alpha value is -2.69. The lowest BCUT2D eigenvalue weighted by atomic mass is 10.0. The van der Waals surface area contributed by atoms with Crippen LogP contribution in [0.25, 0.3) is 0 Å². The minimum Gasteiger partial charge on any atom is -0.493 e. The van der Waals surface area contributed by atoms with Crippen molar-refractivity contribution in [2.45, 2.75) is 46.3 Å². The Morgan fingerprint density at radius 2 is 1.63 bits per heavy atom. The zero-order valence-electron chi connectivity index (χ0n) is 17.0. The predicted molar refractivity (Wildman–Crippen MR) is 107 cm³/mol. The Morgan fingerprint density at radius 1 is 1.00 bits per heavy atom. The normalized spacial score (nSPS) is 12.8. The van der Waals surface area contributed by atoms with E-state index in [9.17, 15) is 4.79 Å². The van der Waals surface area contributed by atoms with Crippen LogP contribution in [0.2, 0.25) is 0 Å². The average Bonchev–Trinajstić information content (AvgIpc) is 2.64. The van der Waals surface area contributed by atoms with Gasteiger partial charge in [-0.05, 0) is 68.1 Å². The summed E-state index contributed by atoms with van der Waals surface area (Å²) in [6.45, 7) is 7.80. The molecule has 0 aliphatic heterocycles. The summed E-state index contributed by atoms with van der Waals surface area (Å²) in [7, 11) is 3.20. The van der Waals surface area contributed by atoms with Crippen LogP contribution in [0, 0.1) is 13.8 Å². The molecule has 0 radical (unpaired) electrons. The second kappa shape index (κ2) is 9.31. The number of carbonyl (C=O) groups excluding carboxylic acids is 1. The monoisotopic (exact) mass is 371 g/mol. The molecule has 146 valence electrons. The Morgan fingerprint density at radius 3 is 2.19 bits per heavy atom. The molecule has 2 atom stereocenters. The van der Waals surface area contributed by atoms with Crippen LogP contribution >= 0.6 is 0 Å². The molecule has 0 fully saturated rings. The van der Waals surface area contributed by atoms with Crippen LogP contribution in [0.4, 0.5) is 0 Å². The lowest BCUT2D eigenvalue weighted by molar-refractivity contribution is -0.128. The number of aryl methyl sites for hydroxylation is 2. The van der Waals surface area contributed by atoms with Crippen molar-refractivity contribution in [1.82, 2.24) is 5.32 Å².